The van der Waals surface area contributed by atoms with Crippen LogP contribution in [0.15, 0.2) is 30.3 Å². The average Bonchev–Trinajstić information content (AvgIpc) is 3.04. The zero-order valence-electron chi connectivity index (χ0n) is 21.4. The van der Waals surface area contributed by atoms with E-state index in [1.165, 1.54) is 5.56 Å². The van der Waals surface area contributed by atoms with Crippen molar-refractivity contribution in [1.82, 2.24) is 10.6 Å². The maximum absolute atomic E-state index is 13.3. The Balaban J connectivity index is 1.62. The number of piperidine rings is 1. The van der Waals surface area contributed by atoms with Gasteiger partial charge in [0.25, 0.3) is 0 Å². The minimum absolute atomic E-state index is 0.0161. The molecule has 1 saturated heterocycles. The van der Waals surface area contributed by atoms with Gasteiger partial charge in [0.15, 0.2) is 23.0 Å². The molecule has 0 radical (unpaired) electrons. The summed E-state index contributed by atoms with van der Waals surface area (Å²) in [5.74, 6) is 2.75. The number of ether oxygens (including phenoxy) is 4. The SMILES string of the molecule is COc1ccc(CC[C@]2(CC3C(=O)NCCc4cc(OC)c(OC)cc43)CCCNC2)cc1OC. The quantitative estimate of drug-likeness (QED) is 0.565. The summed E-state index contributed by atoms with van der Waals surface area (Å²) in [7, 11) is 6.62. The third kappa shape index (κ3) is 5.50. The minimum Gasteiger partial charge on any atom is -0.493 e. The second-order valence-corrected chi connectivity index (χ2v) is 9.67. The van der Waals surface area contributed by atoms with Crippen LogP contribution in [0.5, 0.6) is 23.0 Å². The van der Waals surface area contributed by atoms with Gasteiger partial charge in [0, 0.05) is 13.1 Å². The predicted molar refractivity (Wildman–Crippen MR) is 136 cm³/mol. The molecule has 0 aromatic heterocycles. The predicted octanol–water partition coefficient (Wildman–Crippen LogP) is 3.87. The molecule has 0 saturated carbocycles. The lowest BCUT2D eigenvalue weighted by Crippen LogP contribution is -2.43. The summed E-state index contributed by atoms with van der Waals surface area (Å²) >= 11 is 0. The maximum atomic E-state index is 13.3. The number of methoxy groups -OCH3 is 4. The summed E-state index contributed by atoms with van der Waals surface area (Å²) in [4.78, 5) is 13.3. The molecule has 1 unspecified atom stereocenters. The first-order chi connectivity index (χ1) is 17.0. The van der Waals surface area contributed by atoms with E-state index < -0.39 is 0 Å². The number of hydrogen-bond acceptors (Lipinski definition) is 6. The number of aryl methyl sites for hydroxylation is 1. The van der Waals surface area contributed by atoms with Crippen LogP contribution in [0.3, 0.4) is 0 Å². The first kappa shape index (κ1) is 25.2. The lowest BCUT2D eigenvalue weighted by Gasteiger charge is -2.40. The van der Waals surface area contributed by atoms with Crippen molar-refractivity contribution < 1.29 is 23.7 Å². The van der Waals surface area contributed by atoms with Gasteiger partial charge >= 0.3 is 0 Å². The summed E-state index contributed by atoms with van der Waals surface area (Å²) < 4.78 is 22.0. The van der Waals surface area contributed by atoms with Crippen molar-refractivity contribution in [3.8, 4) is 23.0 Å². The van der Waals surface area contributed by atoms with Crippen molar-refractivity contribution in [2.45, 2.75) is 44.4 Å². The van der Waals surface area contributed by atoms with Crippen LogP contribution in [-0.2, 0) is 17.6 Å². The van der Waals surface area contributed by atoms with Crippen LogP contribution in [0.25, 0.3) is 0 Å². The Labute approximate surface area is 208 Å². The summed E-state index contributed by atoms with van der Waals surface area (Å²) in [5, 5.41) is 6.77. The Morgan fingerprint density at radius 1 is 0.914 bits per heavy atom. The summed E-state index contributed by atoms with van der Waals surface area (Å²) in [6, 6.07) is 10.2. The third-order valence-electron chi connectivity index (χ3n) is 7.62. The van der Waals surface area contributed by atoms with Crippen LogP contribution >= 0.6 is 0 Å². The van der Waals surface area contributed by atoms with Crippen molar-refractivity contribution in [2.75, 3.05) is 48.1 Å². The van der Waals surface area contributed by atoms with Crippen molar-refractivity contribution >= 4 is 5.91 Å². The van der Waals surface area contributed by atoms with E-state index in [0.717, 1.165) is 74.2 Å². The minimum atomic E-state index is -0.224. The largest absolute Gasteiger partial charge is 0.493 e. The first-order valence-corrected chi connectivity index (χ1v) is 12.5. The molecule has 2 aromatic rings. The van der Waals surface area contributed by atoms with Crippen molar-refractivity contribution in [2.24, 2.45) is 5.41 Å². The number of hydrogen-bond donors (Lipinski definition) is 2. The van der Waals surface area contributed by atoms with E-state index in [1.54, 1.807) is 28.4 Å². The van der Waals surface area contributed by atoms with Crippen molar-refractivity contribution in [3.63, 3.8) is 0 Å². The normalized spacial score (nSPS) is 21.9. The van der Waals surface area contributed by atoms with E-state index >= 15 is 0 Å². The Morgan fingerprint density at radius 2 is 1.63 bits per heavy atom. The van der Waals surface area contributed by atoms with Crippen molar-refractivity contribution in [3.05, 3.63) is 47.0 Å². The van der Waals surface area contributed by atoms with Gasteiger partial charge in [0.1, 0.15) is 0 Å². The molecular weight excluding hydrogens is 444 g/mol. The van der Waals surface area contributed by atoms with Gasteiger partial charge in [0.2, 0.25) is 5.91 Å². The van der Waals surface area contributed by atoms with E-state index in [9.17, 15) is 4.79 Å². The van der Waals surface area contributed by atoms with Gasteiger partial charge in [-0.3, -0.25) is 4.79 Å². The molecule has 7 heteroatoms. The van der Waals surface area contributed by atoms with Crippen LogP contribution in [0.2, 0.25) is 0 Å². The smallest absolute Gasteiger partial charge is 0.227 e. The fraction of sp³-hybridized carbons (Fsp3) is 0.536. The highest BCUT2D eigenvalue weighted by Gasteiger charge is 2.39. The van der Waals surface area contributed by atoms with Gasteiger partial charge in [-0.1, -0.05) is 6.07 Å². The highest BCUT2D eigenvalue weighted by atomic mass is 16.5. The molecule has 1 amide bonds. The number of fused-ring (bicyclic) bond motifs is 1. The molecule has 2 atom stereocenters. The molecular formula is C28H38N2O5. The molecule has 190 valence electrons. The van der Waals surface area contributed by atoms with Gasteiger partial charge in [-0.25, -0.2) is 0 Å². The molecule has 0 spiro atoms. The van der Waals surface area contributed by atoms with E-state index in [-0.39, 0.29) is 17.2 Å². The number of nitrogens with one attached hydrogen (secondary N) is 2. The highest BCUT2D eigenvalue weighted by molar-refractivity contribution is 5.85. The molecule has 2 aliphatic rings. The molecule has 35 heavy (non-hydrogen) atoms. The molecule has 1 fully saturated rings. The number of carbonyl (C=O) groups is 1. The Morgan fingerprint density at radius 3 is 2.31 bits per heavy atom. The van der Waals surface area contributed by atoms with Gasteiger partial charge in [-0.15, -0.1) is 0 Å². The monoisotopic (exact) mass is 482 g/mol. The maximum Gasteiger partial charge on any atom is 0.227 e. The first-order valence-electron chi connectivity index (χ1n) is 12.5. The lowest BCUT2D eigenvalue weighted by atomic mass is 9.69. The van der Waals surface area contributed by atoms with Gasteiger partial charge in [-0.05, 0) is 91.4 Å². The van der Waals surface area contributed by atoms with E-state index in [1.807, 2.05) is 18.2 Å². The number of benzene rings is 2. The standard InChI is InChI=1S/C28H38N2O5/c1-32-23-7-6-19(14-24(23)33-2)8-11-28(10-5-12-29-18-28)17-22-21-16-26(35-4)25(34-3)15-20(21)9-13-30-27(22)31/h6-7,14-16,22,29H,5,8-13,17-18H2,1-4H3,(H,30,31)/t22?,28-/m0/s1. The van der Waals surface area contributed by atoms with Crippen LogP contribution in [-0.4, -0.2) is 54.0 Å². The van der Waals surface area contributed by atoms with Gasteiger partial charge in [-0.2, -0.15) is 0 Å². The summed E-state index contributed by atoms with van der Waals surface area (Å²) in [5.41, 5.74) is 3.45. The molecule has 0 bridgehead atoms. The number of amides is 1. The second-order valence-electron chi connectivity index (χ2n) is 9.67. The summed E-state index contributed by atoms with van der Waals surface area (Å²) in [6.07, 6.45) is 5.69. The van der Waals surface area contributed by atoms with Crippen LogP contribution in [0.4, 0.5) is 0 Å². The van der Waals surface area contributed by atoms with Gasteiger partial charge < -0.3 is 29.6 Å². The number of rotatable bonds is 9. The molecule has 2 aromatic carbocycles. The zero-order chi connectivity index (χ0) is 24.8. The average molecular weight is 483 g/mol. The second kappa shape index (κ2) is 11.2. The van der Waals surface area contributed by atoms with E-state index in [2.05, 4.69) is 22.8 Å². The summed E-state index contributed by atoms with van der Waals surface area (Å²) in [6.45, 7) is 2.57. The zero-order valence-corrected chi connectivity index (χ0v) is 21.4. The van der Waals surface area contributed by atoms with Crippen LogP contribution in [0, 0.1) is 5.41 Å². The highest BCUT2D eigenvalue weighted by Crippen LogP contribution is 2.44. The Hall–Kier alpha value is -2.93. The molecule has 2 aliphatic heterocycles. The molecule has 2 heterocycles. The fourth-order valence-corrected chi connectivity index (χ4v) is 5.66. The Kier molecular flexibility index (Phi) is 8.06. The topological polar surface area (TPSA) is 78.1 Å². The Bertz CT molecular complexity index is 1030. The third-order valence-corrected chi connectivity index (χ3v) is 7.62. The fourth-order valence-electron chi connectivity index (χ4n) is 5.66. The van der Waals surface area contributed by atoms with E-state index in [0.29, 0.717) is 18.0 Å². The molecule has 4 rings (SSSR count). The van der Waals surface area contributed by atoms with Gasteiger partial charge in [0.05, 0.1) is 34.4 Å². The van der Waals surface area contributed by atoms with E-state index in [4.69, 9.17) is 18.9 Å². The molecule has 0 aliphatic carbocycles. The molecule has 2 N–H and O–H groups in total. The van der Waals surface area contributed by atoms with Crippen molar-refractivity contribution in [1.29, 1.82) is 0 Å². The lowest BCUT2D eigenvalue weighted by molar-refractivity contribution is -0.123. The number of carbonyl (C=O) groups excluding carboxylic acids is 1. The van der Waals surface area contributed by atoms with Crippen LogP contribution in [0.1, 0.15) is 48.3 Å². The van der Waals surface area contributed by atoms with Crippen LogP contribution < -0.4 is 29.6 Å². The molecule has 7 nitrogen and oxygen atoms in total.